The maximum atomic E-state index is 5.82. The summed E-state index contributed by atoms with van der Waals surface area (Å²) in [6.07, 6.45) is 2.88. The number of benzene rings is 1. The summed E-state index contributed by atoms with van der Waals surface area (Å²) in [6, 6.07) is 8.24. The van der Waals surface area contributed by atoms with Crippen molar-refractivity contribution < 1.29 is 4.74 Å². The third kappa shape index (κ3) is 3.13. The predicted octanol–water partition coefficient (Wildman–Crippen LogP) is 2.51. The second-order valence-electron chi connectivity index (χ2n) is 5.96. The number of hydrogen-bond donors (Lipinski definition) is 1. The molecule has 1 aliphatic heterocycles. The molecule has 0 saturated heterocycles. The second-order valence-corrected chi connectivity index (χ2v) is 5.96. The van der Waals surface area contributed by atoms with Crippen LogP contribution in [0, 0.1) is 12.8 Å². The summed E-state index contributed by atoms with van der Waals surface area (Å²) in [4.78, 5) is 10.9. The van der Waals surface area contributed by atoms with Gasteiger partial charge < -0.3 is 15.0 Å². The normalized spacial score (nSPS) is 16.6. The average Bonchev–Trinajstić information content (AvgIpc) is 2.53. The van der Waals surface area contributed by atoms with Crippen LogP contribution >= 0.6 is 0 Å². The highest BCUT2D eigenvalue weighted by molar-refractivity contribution is 5.47. The molecule has 1 aromatic carbocycles. The highest BCUT2D eigenvalue weighted by Gasteiger charge is 2.19. The summed E-state index contributed by atoms with van der Waals surface area (Å²) >= 11 is 0. The van der Waals surface area contributed by atoms with Gasteiger partial charge >= 0.3 is 0 Å². The number of anilines is 2. The lowest BCUT2D eigenvalue weighted by molar-refractivity contribution is 0.229. The van der Waals surface area contributed by atoms with Crippen molar-refractivity contribution in [1.29, 1.82) is 0 Å². The standard InChI is InChI=1S/C17H22N4O/c1-12-9-18-17(20-16(12)21(2)3)19-10-13-8-14-6-4-5-7-15(14)22-11-13/h4-7,9,13H,8,10-11H2,1-3H3,(H,18,19,20)/t13-/m0/s1. The fourth-order valence-corrected chi connectivity index (χ4v) is 2.73. The summed E-state index contributed by atoms with van der Waals surface area (Å²) < 4.78 is 5.82. The molecule has 0 aliphatic carbocycles. The summed E-state index contributed by atoms with van der Waals surface area (Å²) in [7, 11) is 3.98. The van der Waals surface area contributed by atoms with Crippen LogP contribution in [0.5, 0.6) is 5.75 Å². The van der Waals surface area contributed by atoms with Crippen molar-refractivity contribution in [3.8, 4) is 5.75 Å². The van der Waals surface area contributed by atoms with E-state index in [1.54, 1.807) is 0 Å². The Morgan fingerprint density at radius 1 is 1.32 bits per heavy atom. The Hall–Kier alpha value is -2.30. The first-order valence-electron chi connectivity index (χ1n) is 7.59. The van der Waals surface area contributed by atoms with E-state index in [4.69, 9.17) is 4.74 Å². The Bertz CT molecular complexity index is 657. The Morgan fingerprint density at radius 3 is 2.95 bits per heavy atom. The van der Waals surface area contributed by atoms with Crippen LogP contribution in [0.25, 0.3) is 0 Å². The Labute approximate surface area is 131 Å². The quantitative estimate of drug-likeness (QED) is 0.940. The molecule has 1 N–H and O–H groups in total. The Balaban J connectivity index is 1.63. The van der Waals surface area contributed by atoms with Crippen LogP contribution < -0.4 is 15.0 Å². The van der Waals surface area contributed by atoms with Crippen molar-refractivity contribution >= 4 is 11.8 Å². The molecule has 1 aromatic heterocycles. The van der Waals surface area contributed by atoms with Crippen molar-refractivity contribution in [2.24, 2.45) is 5.92 Å². The Morgan fingerprint density at radius 2 is 2.14 bits per heavy atom. The summed E-state index contributed by atoms with van der Waals surface area (Å²) in [5.74, 6) is 3.07. The van der Waals surface area contributed by atoms with Crippen LogP contribution in [0.4, 0.5) is 11.8 Å². The number of nitrogens with one attached hydrogen (secondary N) is 1. The number of fused-ring (bicyclic) bond motifs is 1. The molecule has 5 heteroatoms. The van der Waals surface area contributed by atoms with E-state index >= 15 is 0 Å². The second kappa shape index (κ2) is 6.22. The van der Waals surface area contributed by atoms with E-state index in [0.29, 0.717) is 11.9 Å². The van der Waals surface area contributed by atoms with Gasteiger partial charge in [0.2, 0.25) is 5.95 Å². The fraction of sp³-hybridized carbons (Fsp3) is 0.412. The van der Waals surface area contributed by atoms with Gasteiger partial charge in [-0.25, -0.2) is 4.98 Å². The van der Waals surface area contributed by atoms with Crippen LogP contribution in [0.2, 0.25) is 0 Å². The van der Waals surface area contributed by atoms with E-state index in [1.165, 1.54) is 5.56 Å². The van der Waals surface area contributed by atoms with E-state index in [9.17, 15) is 0 Å². The maximum Gasteiger partial charge on any atom is 0.224 e. The molecule has 3 rings (SSSR count). The van der Waals surface area contributed by atoms with Gasteiger partial charge in [-0.2, -0.15) is 4.98 Å². The van der Waals surface area contributed by atoms with Crippen molar-refractivity contribution in [2.75, 3.05) is 37.5 Å². The molecule has 0 amide bonds. The maximum absolute atomic E-state index is 5.82. The SMILES string of the molecule is Cc1cnc(NC[C@H]2COc3ccccc3C2)nc1N(C)C. The van der Waals surface area contributed by atoms with Gasteiger partial charge in [-0.05, 0) is 25.0 Å². The number of ether oxygens (including phenoxy) is 1. The number of hydrogen-bond acceptors (Lipinski definition) is 5. The average molecular weight is 298 g/mol. The van der Waals surface area contributed by atoms with E-state index < -0.39 is 0 Å². The lowest BCUT2D eigenvalue weighted by atomic mass is 9.97. The predicted molar refractivity (Wildman–Crippen MR) is 88.7 cm³/mol. The van der Waals surface area contributed by atoms with Crippen molar-refractivity contribution in [3.63, 3.8) is 0 Å². The molecular formula is C17H22N4O. The molecule has 2 heterocycles. The van der Waals surface area contributed by atoms with Gasteiger partial charge in [0.15, 0.2) is 0 Å². The van der Waals surface area contributed by atoms with Gasteiger partial charge in [0.25, 0.3) is 0 Å². The van der Waals surface area contributed by atoms with E-state index in [1.807, 2.05) is 44.2 Å². The summed E-state index contributed by atoms with van der Waals surface area (Å²) in [5.41, 5.74) is 2.35. The first kappa shape index (κ1) is 14.6. The smallest absolute Gasteiger partial charge is 0.224 e. The first-order valence-corrected chi connectivity index (χ1v) is 7.59. The molecule has 0 unspecified atom stereocenters. The molecule has 0 spiro atoms. The summed E-state index contributed by atoms with van der Waals surface area (Å²) in [6.45, 7) is 3.56. The van der Waals surface area contributed by atoms with Gasteiger partial charge in [-0.3, -0.25) is 0 Å². The van der Waals surface area contributed by atoms with Crippen LogP contribution in [-0.2, 0) is 6.42 Å². The zero-order valence-electron chi connectivity index (χ0n) is 13.3. The largest absolute Gasteiger partial charge is 0.493 e. The highest BCUT2D eigenvalue weighted by atomic mass is 16.5. The molecule has 0 fully saturated rings. The van der Waals surface area contributed by atoms with E-state index in [-0.39, 0.29) is 0 Å². The number of aryl methyl sites for hydroxylation is 1. The van der Waals surface area contributed by atoms with Crippen molar-refractivity contribution in [2.45, 2.75) is 13.3 Å². The minimum atomic E-state index is 0.433. The zero-order valence-corrected chi connectivity index (χ0v) is 13.3. The lowest BCUT2D eigenvalue weighted by Gasteiger charge is -2.25. The third-order valence-corrected chi connectivity index (χ3v) is 3.87. The lowest BCUT2D eigenvalue weighted by Crippen LogP contribution is -2.28. The van der Waals surface area contributed by atoms with Crippen LogP contribution in [0.3, 0.4) is 0 Å². The number of aromatic nitrogens is 2. The van der Waals surface area contributed by atoms with Gasteiger partial charge in [-0.15, -0.1) is 0 Å². The molecular weight excluding hydrogens is 276 g/mol. The third-order valence-electron chi connectivity index (χ3n) is 3.87. The number of rotatable bonds is 4. The molecule has 2 aromatic rings. The monoisotopic (exact) mass is 298 g/mol. The molecule has 116 valence electrons. The minimum absolute atomic E-state index is 0.433. The van der Waals surface area contributed by atoms with E-state index in [2.05, 4.69) is 27.4 Å². The molecule has 22 heavy (non-hydrogen) atoms. The minimum Gasteiger partial charge on any atom is -0.493 e. The van der Waals surface area contributed by atoms with Crippen LogP contribution in [0.1, 0.15) is 11.1 Å². The molecule has 0 bridgehead atoms. The van der Waals surface area contributed by atoms with Gasteiger partial charge in [0.1, 0.15) is 11.6 Å². The Kier molecular flexibility index (Phi) is 4.13. The van der Waals surface area contributed by atoms with Crippen LogP contribution in [0.15, 0.2) is 30.5 Å². The number of nitrogens with zero attached hydrogens (tertiary/aromatic N) is 3. The zero-order chi connectivity index (χ0) is 15.5. The number of para-hydroxylation sites is 1. The van der Waals surface area contributed by atoms with Crippen molar-refractivity contribution in [3.05, 3.63) is 41.6 Å². The molecule has 0 radical (unpaired) electrons. The van der Waals surface area contributed by atoms with Crippen LogP contribution in [-0.4, -0.2) is 37.2 Å². The van der Waals surface area contributed by atoms with Gasteiger partial charge in [0.05, 0.1) is 6.61 Å². The molecule has 1 aliphatic rings. The van der Waals surface area contributed by atoms with Gasteiger partial charge in [-0.1, -0.05) is 18.2 Å². The topological polar surface area (TPSA) is 50.3 Å². The molecule has 0 saturated carbocycles. The van der Waals surface area contributed by atoms with E-state index in [0.717, 1.165) is 36.7 Å². The molecule has 5 nitrogen and oxygen atoms in total. The highest BCUT2D eigenvalue weighted by Crippen LogP contribution is 2.26. The first-order chi connectivity index (χ1) is 10.6. The molecule has 1 atom stereocenters. The van der Waals surface area contributed by atoms with Crippen molar-refractivity contribution in [1.82, 2.24) is 9.97 Å². The van der Waals surface area contributed by atoms with Gasteiger partial charge in [0, 0.05) is 38.3 Å². The summed E-state index contributed by atoms with van der Waals surface area (Å²) in [5, 5.41) is 3.34. The fourth-order valence-electron chi connectivity index (χ4n) is 2.73.